The molecule has 11 rings (SSSR count). The van der Waals surface area contributed by atoms with Crippen LogP contribution in [0.15, 0.2) is 189 Å². The molecular weight excluding hydrogens is 1160 g/mol. The molecule has 3 unspecified atom stereocenters. The summed E-state index contributed by atoms with van der Waals surface area (Å²) in [4.78, 5) is 81.8. The van der Waals surface area contributed by atoms with Gasteiger partial charge in [0.1, 0.15) is 33.2 Å². The van der Waals surface area contributed by atoms with Crippen LogP contribution in [0, 0.1) is 0 Å². The molecular formula is C66H70N8O12S2. The van der Waals surface area contributed by atoms with E-state index in [1.54, 1.807) is 83.8 Å². The maximum Gasteiger partial charge on any atom is 0.348 e. The normalized spacial score (nSPS) is 17.8. The Labute approximate surface area is 511 Å². The van der Waals surface area contributed by atoms with E-state index in [-0.39, 0.29) is 79.3 Å². The monoisotopic (exact) mass is 1230 g/mol. The molecule has 3 aliphatic rings. The van der Waals surface area contributed by atoms with Crippen LogP contribution in [-0.4, -0.2) is 155 Å². The van der Waals surface area contributed by atoms with Crippen molar-refractivity contribution in [2.45, 2.75) is 92.3 Å². The number of sulfonamides is 2. The van der Waals surface area contributed by atoms with Crippen molar-refractivity contribution in [1.29, 1.82) is 0 Å². The number of rotatable bonds is 17. The first-order valence-electron chi connectivity index (χ1n) is 29.6. The molecule has 20 nitrogen and oxygen atoms in total. The maximum atomic E-state index is 14.3. The lowest BCUT2D eigenvalue weighted by atomic mass is 9.89. The fourth-order valence-electron chi connectivity index (χ4n) is 11.7. The fourth-order valence-corrected chi connectivity index (χ4v) is 15.2. The molecule has 3 aromatic heterocycles. The Hall–Kier alpha value is -8.51. The van der Waals surface area contributed by atoms with Gasteiger partial charge in [0.05, 0.1) is 36.2 Å². The molecule has 3 fully saturated rings. The van der Waals surface area contributed by atoms with Gasteiger partial charge in [-0.15, -0.1) is 0 Å². The highest BCUT2D eigenvalue weighted by Crippen LogP contribution is 2.33. The van der Waals surface area contributed by atoms with Crippen LogP contribution < -0.4 is 10.9 Å². The number of anilines is 1. The number of unbranched alkanes of at least 4 members (excludes halogenated alkanes) is 2. The minimum Gasteiger partial charge on any atom is -0.427 e. The van der Waals surface area contributed by atoms with Gasteiger partial charge in [-0.3, -0.25) is 29.1 Å². The van der Waals surface area contributed by atoms with Crippen molar-refractivity contribution in [2.24, 2.45) is 0 Å². The van der Waals surface area contributed by atoms with Crippen molar-refractivity contribution < 1.29 is 50.6 Å². The Bertz CT molecular complexity index is 4030. The summed E-state index contributed by atoms with van der Waals surface area (Å²) in [5.41, 5.74) is 2.40. The van der Waals surface area contributed by atoms with Crippen LogP contribution in [0.4, 0.5) is 5.69 Å². The Morgan fingerprint density at radius 1 is 0.625 bits per heavy atom. The highest BCUT2D eigenvalue weighted by Gasteiger charge is 2.46. The Balaban J connectivity index is 0.000000195. The van der Waals surface area contributed by atoms with E-state index < -0.39 is 67.4 Å². The average Bonchev–Trinajstić information content (AvgIpc) is 1.04. The Morgan fingerprint density at radius 2 is 1.19 bits per heavy atom. The van der Waals surface area contributed by atoms with E-state index in [1.807, 2.05) is 60.7 Å². The van der Waals surface area contributed by atoms with Crippen molar-refractivity contribution in [3.05, 3.63) is 209 Å². The number of nitrogens with one attached hydrogen (secondary N) is 1. The predicted molar refractivity (Wildman–Crippen MR) is 332 cm³/mol. The second-order valence-electron chi connectivity index (χ2n) is 22.0. The first-order chi connectivity index (χ1) is 42.6. The first-order valence-corrected chi connectivity index (χ1v) is 32.4. The smallest absolute Gasteiger partial charge is 0.348 e. The number of para-hydroxylation sites is 2. The summed E-state index contributed by atoms with van der Waals surface area (Å²) in [7, 11) is -8.46. The van der Waals surface area contributed by atoms with Crippen LogP contribution in [0.2, 0.25) is 0 Å². The average molecular weight is 1230 g/mol. The van der Waals surface area contributed by atoms with Crippen LogP contribution in [0.1, 0.15) is 84.2 Å². The number of carbonyl (C=O) groups is 4. The molecule has 0 radical (unpaired) electrons. The minimum absolute atomic E-state index is 0.00285. The Kier molecular flexibility index (Phi) is 20.0. The van der Waals surface area contributed by atoms with Gasteiger partial charge in [0, 0.05) is 81.1 Å². The third-order valence-electron chi connectivity index (χ3n) is 16.4. The van der Waals surface area contributed by atoms with E-state index in [0.717, 1.165) is 47.5 Å². The number of carbonyl (C=O) groups excluding carboxylic acids is 4. The van der Waals surface area contributed by atoms with Gasteiger partial charge < -0.3 is 34.6 Å². The standard InChI is InChI=1S/C35H32N4O5S.C31H38N4O7S/c40-24-25-16-18-29(19-17-25)37-34(41)30-23-38(35(42)32(26-9-3-1-4-10-26)27-11-5-2-6-12-27)21-22-39(30)45(43,44)31-15-7-13-28-14-8-20-36-33(28)31;1-2-3-4-12-24-14-15-25(31(39)42-24)29(37)33-18-19-35(26(20-33)30(38)34-17-6-5-11-23(34)21-36)43(40,41)27-13-7-9-22-10-8-16-32-28(22)27/h1-20,30,32,40H,21-24H2,(H,37,41);7-10,13-16,23,26,36H,2-6,11-12,17-21H2,1H3. The van der Waals surface area contributed by atoms with E-state index >= 15 is 0 Å². The molecule has 88 heavy (non-hydrogen) atoms. The SMILES string of the molecule is CCCCCc1ccc(C(=O)N2CCN(S(=O)(=O)c3cccc4cccnc34)C(C(=O)N3CCCCC3CO)C2)c(=O)o1.O=C(Nc1ccc(CO)cc1)C1CN(C(=O)C(c2ccccc2)c2ccccc2)CCN1S(=O)(=O)c1cccc2cccnc12. The number of amides is 4. The van der Waals surface area contributed by atoms with Gasteiger partial charge in [-0.05, 0) is 90.9 Å². The summed E-state index contributed by atoms with van der Waals surface area (Å²) in [6.07, 6.45) is 8.70. The number of likely N-dealkylation sites (tertiary alicyclic amines) is 1. The third-order valence-corrected chi connectivity index (χ3v) is 20.3. The van der Waals surface area contributed by atoms with Gasteiger partial charge in [-0.2, -0.15) is 8.61 Å². The van der Waals surface area contributed by atoms with Crippen molar-refractivity contribution in [3.63, 3.8) is 0 Å². The van der Waals surface area contributed by atoms with Gasteiger partial charge in [0.25, 0.3) is 5.91 Å². The number of pyridine rings is 2. The van der Waals surface area contributed by atoms with Gasteiger partial charge in [-0.1, -0.05) is 129 Å². The number of piperidine rings is 1. The summed E-state index contributed by atoms with van der Waals surface area (Å²) < 4.78 is 64.7. The zero-order valence-corrected chi connectivity index (χ0v) is 50.3. The first kappa shape index (κ1) is 62.5. The molecule has 458 valence electrons. The number of benzene rings is 5. The molecule has 3 aliphatic heterocycles. The molecule has 4 amide bonds. The number of fused-ring (bicyclic) bond motifs is 2. The van der Waals surface area contributed by atoms with E-state index in [2.05, 4.69) is 22.2 Å². The zero-order chi connectivity index (χ0) is 62.0. The summed E-state index contributed by atoms with van der Waals surface area (Å²) >= 11 is 0. The molecule has 5 aromatic carbocycles. The second-order valence-corrected chi connectivity index (χ2v) is 25.7. The van der Waals surface area contributed by atoms with E-state index in [9.17, 15) is 51.0 Å². The van der Waals surface area contributed by atoms with Gasteiger partial charge >= 0.3 is 5.63 Å². The lowest BCUT2D eigenvalue weighted by Crippen LogP contribution is -2.63. The number of aliphatic hydroxyl groups is 2. The van der Waals surface area contributed by atoms with E-state index in [4.69, 9.17) is 4.42 Å². The summed E-state index contributed by atoms with van der Waals surface area (Å²) in [5.74, 6) is -2.02. The molecule has 0 spiro atoms. The minimum atomic E-state index is -4.24. The number of piperazine rings is 2. The predicted octanol–water partition coefficient (Wildman–Crippen LogP) is 7.21. The molecule has 3 N–H and O–H groups in total. The van der Waals surface area contributed by atoms with Gasteiger partial charge in [0.15, 0.2) is 0 Å². The molecule has 0 saturated carbocycles. The zero-order valence-electron chi connectivity index (χ0n) is 48.7. The quantitative estimate of drug-likeness (QED) is 0.0762. The molecule has 8 aromatic rings. The van der Waals surface area contributed by atoms with Gasteiger partial charge in [-0.25, -0.2) is 21.6 Å². The van der Waals surface area contributed by atoms with Crippen molar-refractivity contribution >= 4 is 71.2 Å². The van der Waals surface area contributed by atoms with Crippen molar-refractivity contribution in [3.8, 4) is 0 Å². The largest absolute Gasteiger partial charge is 0.427 e. The molecule has 0 bridgehead atoms. The van der Waals surface area contributed by atoms with Crippen molar-refractivity contribution in [1.82, 2.24) is 33.3 Å². The topological polar surface area (TPSA) is 261 Å². The van der Waals surface area contributed by atoms with Crippen molar-refractivity contribution in [2.75, 3.05) is 57.7 Å². The number of aryl methyl sites for hydroxylation is 1. The van der Waals surface area contributed by atoms with Crippen LogP contribution in [0.5, 0.6) is 0 Å². The lowest BCUT2D eigenvalue weighted by molar-refractivity contribution is -0.141. The molecule has 0 aliphatic carbocycles. The number of hydrogen-bond donors (Lipinski definition) is 3. The second kappa shape index (κ2) is 28.1. The van der Waals surface area contributed by atoms with Crippen LogP contribution in [-0.2, 0) is 47.5 Å². The van der Waals surface area contributed by atoms with Gasteiger partial charge in [0.2, 0.25) is 37.8 Å². The highest BCUT2D eigenvalue weighted by molar-refractivity contribution is 7.89. The number of aromatic nitrogens is 2. The molecule has 6 heterocycles. The van der Waals surface area contributed by atoms with Crippen LogP contribution in [0.3, 0.4) is 0 Å². The summed E-state index contributed by atoms with van der Waals surface area (Å²) in [6.45, 7) is 1.49. The summed E-state index contributed by atoms with van der Waals surface area (Å²) in [6, 6.07) is 42.4. The Morgan fingerprint density at radius 3 is 1.76 bits per heavy atom. The molecule has 3 atom stereocenters. The highest BCUT2D eigenvalue weighted by atomic mass is 32.2. The maximum absolute atomic E-state index is 14.3. The number of nitrogens with zero attached hydrogens (tertiary/aromatic N) is 7. The summed E-state index contributed by atoms with van der Waals surface area (Å²) in [5, 5.41) is 23.5. The fraction of sp³-hybridized carbons (Fsp3) is 0.318. The number of aliphatic hydroxyl groups excluding tert-OH is 2. The number of hydrogen-bond acceptors (Lipinski definition) is 14. The molecule has 22 heteroatoms. The van der Waals surface area contributed by atoms with Crippen LogP contribution in [0.25, 0.3) is 21.8 Å². The lowest BCUT2D eigenvalue weighted by Gasteiger charge is -2.43. The van der Waals surface area contributed by atoms with E-state index in [0.29, 0.717) is 52.7 Å². The van der Waals surface area contributed by atoms with E-state index in [1.165, 1.54) is 44.7 Å². The third kappa shape index (κ3) is 13.6. The molecule has 3 saturated heterocycles. The van der Waals surface area contributed by atoms with Crippen LogP contribution >= 0.6 is 0 Å².